The minimum absolute atomic E-state index is 0.00460. The Labute approximate surface area is 171 Å². The molecule has 0 aromatic heterocycles. The Bertz CT molecular complexity index is 845. The first-order chi connectivity index (χ1) is 13.2. The van der Waals surface area contributed by atoms with Crippen LogP contribution in [0.4, 0.5) is 11.4 Å². The number of carbonyl (C=O) groups excluding carboxylic acids is 2. The molecule has 9 heteroatoms. The van der Waals surface area contributed by atoms with Gasteiger partial charge >= 0.3 is 5.97 Å². The maximum absolute atomic E-state index is 12.8. The van der Waals surface area contributed by atoms with Crippen LogP contribution in [0, 0.1) is 27.4 Å². The van der Waals surface area contributed by atoms with Crippen LogP contribution in [0.15, 0.2) is 18.2 Å². The van der Waals surface area contributed by atoms with E-state index >= 15 is 0 Å². The number of halogens is 2. The van der Waals surface area contributed by atoms with Gasteiger partial charge in [0.25, 0.3) is 11.6 Å². The Morgan fingerprint density at radius 2 is 1.93 bits per heavy atom. The number of anilines is 1. The third-order valence-electron chi connectivity index (χ3n) is 6.19. The number of nitrogens with zero attached hydrogens (tertiary/aromatic N) is 1. The van der Waals surface area contributed by atoms with Crippen LogP contribution in [-0.4, -0.2) is 28.3 Å². The van der Waals surface area contributed by atoms with Crippen LogP contribution in [0.3, 0.4) is 0 Å². The normalized spacial score (nSPS) is 32.8. The molecule has 4 aliphatic carbocycles. The van der Waals surface area contributed by atoms with Gasteiger partial charge in [0.15, 0.2) is 6.61 Å². The molecule has 1 N–H and O–H groups in total. The molecular formula is C19H20Cl2N2O5. The van der Waals surface area contributed by atoms with E-state index in [9.17, 15) is 19.7 Å². The fourth-order valence-electron chi connectivity index (χ4n) is 5.62. The second-order valence-corrected chi connectivity index (χ2v) is 9.67. The number of carbonyl (C=O) groups is 2. The molecule has 0 aliphatic heterocycles. The zero-order valence-electron chi connectivity index (χ0n) is 15.1. The zero-order valence-corrected chi connectivity index (χ0v) is 16.6. The lowest BCUT2D eigenvalue weighted by Gasteiger charge is -2.58. The summed E-state index contributed by atoms with van der Waals surface area (Å²) in [5.74, 6) is -0.134. The molecule has 28 heavy (non-hydrogen) atoms. The molecule has 4 bridgehead atoms. The van der Waals surface area contributed by atoms with Crippen molar-refractivity contribution < 1.29 is 19.2 Å². The Morgan fingerprint density at radius 3 is 2.54 bits per heavy atom. The van der Waals surface area contributed by atoms with Gasteiger partial charge in [0, 0.05) is 16.0 Å². The molecule has 0 spiro atoms. The molecular weight excluding hydrogens is 407 g/mol. The van der Waals surface area contributed by atoms with E-state index in [2.05, 4.69) is 5.32 Å². The minimum Gasteiger partial charge on any atom is -0.455 e. The van der Waals surface area contributed by atoms with Crippen molar-refractivity contribution in [3.63, 3.8) is 0 Å². The quantitative estimate of drug-likeness (QED) is 0.327. The van der Waals surface area contributed by atoms with Crippen LogP contribution in [0.25, 0.3) is 0 Å². The van der Waals surface area contributed by atoms with Crippen molar-refractivity contribution in [2.45, 2.75) is 43.4 Å². The maximum atomic E-state index is 12.8. The number of ether oxygens (including phenoxy) is 1. The fourth-order valence-corrected chi connectivity index (χ4v) is 6.48. The van der Waals surface area contributed by atoms with Crippen molar-refractivity contribution in [2.75, 3.05) is 11.9 Å². The van der Waals surface area contributed by atoms with Crippen LogP contribution in [-0.2, 0) is 14.3 Å². The third kappa shape index (κ3) is 3.57. The second kappa shape index (κ2) is 6.88. The molecule has 0 unspecified atom stereocenters. The summed E-state index contributed by atoms with van der Waals surface area (Å²) in [4.78, 5) is 35.2. The minimum atomic E-state index is -0.636. The first-order valence-electron chi connectivity index (χ1n) is 9.28. The first kappa shape index (κ1) is 19.5. The van der Waals surface area contributed by atoms with Gasteiger partial charge in [-0.1, -0.05) is 11.6 Å². The molecule has 0 radical (unpaired) electrons. The van der Waals surface area contributed by atoms with E-state index < -0.39 is 22.9 Å². The molecule has 7 nitrogen and oxygen atoms in total. The van der Waals surface area contributed by atoms with E-state index in [1.54, 1.807) is 0 Å². The fraction of sp³-hybridized carbons (Fsp3) is 0.579. The summed E-state index contributed by atoms with van der Waals surface area (Å²) in [5.41, 5.74) is -0.916. The predicted molar refractivity (Wildman–Crippen MR) is 103 cm³/mol. The largest absolute Gasteiger partial charge is 0.455 e. The number of alkyl halides is 1. The molecule has 1 amide bonds. The summed E-state index contributed by atoms with van der Waals surface area (Å²) in [7, 11) is 0. The van der Waals surface area contributed by atoms with Crippen LogP contribution < -0.4 is 5.32 Å². The monoisotopic (exact) mass is 426 g/mol. The van der Waals surface area contributed by atoms with Gasteiger partial charge < -0.3 is 10.1 Å². The highest BCUT2D eigenvalue weighted by Crippen LogP contribution is 2.64. The van der Waals surface area contributed by atoms with E-state index in [1.165, 1.54) is 12.1 Å². The Kier molecular flexibility index (Phi) is 4.78. The van der Waals surface area contributed by atoms with Crippen molar-refractivity contribution in [3.8, 4) is 0 Å². The standard InChI is InChI=1S/C19H20Cl2N2O5/c20-13-1-2-14(15(4-13)23(26)27)22-16(24)9-28-17(25)18-5-11-3-12(6-18)8-19(21,7-11)10-18/h1-2,4,11-12H,3,5-10H2,(H,22,24)/t11-,12-,18?,19?/m1/s1. The van der Waals surface area contributed by atoms with Crippen LogP contribution in [0.1, 0.15) is 38.5 Å². The zero-order chi connectivity index (χ0) is 20.1. The van der Waals surface area contributed by atoms with Crippen LogP contribution >= 0.6 is 23.2 Å². The van der Waals surface area contributed by atoms with Crippen molar-refractivity contribution in [3.05, 3.63) is 33.3 Å². The number of hydrogen-bond acceptors (Lipinski definition) is 5. The summed E-state index contributed by atoms with van der Waals surface area (Å²) < 4.78 is 5.32. The van der Waals surface area contributed by atoms with E-state index in [0.717, 1.165) is 38.2 Å². The molecule has 4 fully saturated rings. The molecule has 2 atom stereocenters. The molecule has 150 valence electrons. The third-order valence-corrected chi connectivity index (χ3v) is 6.86. The number of hydrogen-bond donors (Lipinski definition) is 1. The lowest BCUT2D eigenvalue weighted by molar-refractivity contribution is -0.383. The average molecular weight is 427 g/mol. The summed E-state index contributed by atoms with van der Waals surface area (Å²) in [6.07, 6.45) is 5.13. The molecule has 0 heterocycles. The van der Waals surface area contributed by atoms with Crippen LogP contribution in [0.5, 0.6) is 0 Å². The first-order valence-corrected chi connectivity index (χ1v) is 10.0. The maximum Gasteiger partial charge on any atom is 0.312 e. The van der Waals surface area contributed by atoms with Gasteiger partial charge in [-0.25, -0.2) is 0 Å². The predicted octanol–water partition coefficient (Wildman–Crippen LogP) is 4.31. The molecule has 1 aromatic carbocycles. The summed E-state index contributed by atoms with van der Waals surface area (Å²) in [5, 5.41) is 13.7. The molecule has 1 aromatic rings. The number of nitro groups is 1. The van der Waals surface area contributed by atoms with Gasteiger partial charge in [0.2, 0.25) is 0 Å². The van der Waals surface area contributed by atoms with Crippen LogP contribution in [0.2, 0.25) is 5.02 Å². The lowest BCUT2D eigenvalue weighted by Crippen LogP contribution is -2.56. The van der Waals surface area contributed by atoms with Crippen molar-refractivity contribution in [2.24, 2.45) is 17.3 Å². The van der Waals surface area contributed by atoms with Gasteiger partial charge in [0.05, 0.1) is 10.3 Å². The lowest BCUT2D eigenvalue weighted by atomic mass is 9.49. The highest BCUT2D eigenvalue weighted by molar-refractivity contribution is 6.31. The molecule has 4 saturated carbocycles. The number of rotatable bonds is 5. The number of benzene rings is 1. The molecule has 0 saturated heterocycles. The van der Waals surface area contributed by atoms with E-state index in [0.29, 0.717) is 18.3 Å². The molecule has 5 rings (SSSR count). The van der Waals surface area contributed by atoms with Gasteiger partial charge in [-0.2, -0.15) is 0 Å². The highest BCUT2D eigenvalue weighted by atomic mass is 35.5. The number of amides is 1. The second-order valence-electron chi connectivity index (χ2n) is 8.44. The summed E-state index contributed by atoms with van der Waals surface area (Å²) >= 11 is 12.5. The number of nitrogens with one attached hydrogen (secondary N) is 1. The van der Waals surface area contributed by atoms with Gasteiger partial charge in [-0.3, -0.25) is 19.7 Å². The Hall–Kier alpha value is -1.86. The summed E-state index contributed by atoms with van der Waals surface area (Å²) in [6.45, 7) is -0.495. The average Bonchev–Trinajstić information content (AvgIpc) is 2.59. The molecule has 4 aliphatic rings. The highest BCUT2D eigenvalue weighted by Gasteiger charge is 2.60. The van der Waals surface area contributed by atoms with Gasteiger partial charge in [0.1, 0.15) is 5.69 Å². The van der Waals surface area contributed by atoms with Crippen molar-refractivity contribution in [1.82, 2.24) is 0 Å². The number of nitro benzene ring substituents is 1. The Balaban J connectivity index is 1.39. The van der Waals surface area contributed by atoms with E-state index in [1.807, 2.05) is 0 Å². The smallest absolute Gasteiger partial charge is 0.312 e. The van der Waals surface area contributed by atoms with Crippen molar-refractivity contribution >= 4 is 46.5 Å². The van der Waals surface area contributed by atoms with Crippen molar-refractivity contribution in [1.29, 1.82) is 0 Å². The number of esters is 1. The van der Waals surface area contributed by atoms with E-state index in [-0.39, 0.29) is 27.2 Å². The summed E-state index contributed by atoms with van der Waals surface area (Å²) in [6, 6.07) is 3.93. The topological polar surface area (TPSA) is 98.5 Å². The van der Waals surface area contributed by atoms with Gasteiger partial charge in [-0.15, -0.1) is 11.6 Å². The SMILES string of the molecule is O=C(COC(=O)C12C[C@H]3C[C@@H](CC(Cl)(C3)C1)C2)Nc1ccc(Cl)cc1[N+](=O)[O-]. The van der Waals surface area contributed by atoms with E-state index in [4.69, 9.17) is 27.9 Å². The Morgan fingerprint density at radius 1 is 1.25 bits per heavy atom. The van der Waals surface area contributed by atoms with Gasteiger partial charge in [-0.05, 0) is 62.5 Å².